The minimum Gasteiger partial charge on any atom is -0.399 e. The molecule has 0 radical (unpaired) electrons. The number of carbonyl (C=O) groups excluding carboxylic acids is 1. The average molecular weight is 247 g/mol. The number of pyridine rings is 1. The number of ketones is 1. The lowest BCUT2D eigenvalue weighted by Gasteiger charge is -2.32. The average Bonchev–Trinajstić information content (AvgIpc) is 2.48. The van der Waals surface area contributed by atoms with Gasteiger partial charge in [0.1, 0.15) is 5.69 Å². The summed E-state index contributed by atoms with van der Waals surface area (Å²) >= 11 is 0. The van der Waals surface area contributed by atoms with Crippen LogP contribution in [0.5, 0.6) is 0 Å². The summed E-state index contributed by atoms with van der Waals surface area (Å²) in [6, 6.07) is 3.54. The Bertz CT molecular complexity index is 469. The van der Waals surface area contributed by atoms with Gasteiger partial charge in [-0.15, -0.1) is 0 Å². The van der Waals surface area contributed by atoms with Crippen molar-refractivity contribution in [3.05, 3.63) is 24.0 Å². The van der Waals surface area contributed by atoms with Gasteiger partial charge in [0.2, 0.25) is 0 Å². The Hall–Kier alpha value is -1.20. The van der Waals surface area contributed by atoms with Gasteiger partial charge in [0.15, 0.2) is 5.78 Å². The topological polar surface area (TPSA) is 48.4 Å². The van der Waals surface area contributed by atoms with Crippen molar-refractivity contribution in [3.8, 4) is 0 Å². The highest BCUT2D eigenvalue weighted by atomic mass is 16.7. The Labute approximate surface area is 108 Å². The third kappa shape index (κ3) is 2.20. The molecule has 0 atom stereocenters. The smallest absolute Gasteiger partial charge is 0.399 e. The fraction of sp³-hybridized carbons (Fsp3) is 0.538. The fourth-order valence-electron chi connectivity index (χ4n) is 1.77. The number of hydrogen-bond donors (Lipinski definition) is 0. The lowest BCUT2D eigenvalue weighted by Crippen LogP contribution is -2.41. The van der Waals surface area contributed by atoms with Crippen LogP contribution in [0.4, 0.5) is 0 Å². The predicted molar refractivity (Wildman–Crippen MR) is 70.0 cm³/mol. The van der Waals surface area contributed by atoms with Crippen molar-refractivity contribution in [1.82, 2.24) is 4.98 Å². The first-order valence-electron chi connectivity index (χ1n) is 6.05. The van der Waals surface area contributed by atoms with Crippen LogP contribution in [-0.2, 0) is 9.31 Å². The van der Waals surface area contributed by atoms with Crippen LogP contribution in [0, 0.1) is 0 Å². The van der Waals surface area contributed by atoms with E-state index in [1.165, 1.54) is 6.92 Å². The zero-order chi connectivity index (χ0) is 13.6. The highest BCUT2D eigenvalue weighted by molar-refractivity contribution is 6.62. The van der Waals surface area contributed by atoms with Gasteiger partial charge >= 0.3 is 7.12 Å². The molecule has 0 saturated carbocycles. The lowest BCUT2D eigenvalue weighted by molar-refractivity contribution is 0.00578. The number of nitrogens with zero attached hydrogens (tertiary/aromatic N) is 1. The molecule has 0 aromatic carbocycles. The molecule has 18 heavy (non-hydrogen) atoms. The quantitative estimate of drug-likeness (QED) is 0.588. The summed E-state index contributed by atoms with van der Waals surface area (Å²) in [4.78, 5) is 15.3. The molecule has 0 unspecified atom stereocenters. The summed E-state index contributed by atoms with van der Waals surface area (Å²) in [6.07, 6.45) is 1.61. The third-order valence-electron chi connectivity index (χ3n) is 3.67. The molecule has 0 bridgehead atoms. The molecule has 1 saturated heterocycles. The van der Waals surface area contributed by atoms with Gasteiger partial charge in [-0.25, -0.2) is 0 Å². The van der Waals surface area contributed by atoms with E-state index in [0.717, 1.165) is 5.46 Å². The normalized spacial score (nSPS) is 21.1. The monoisotopic (exact) mass is 247 g/mol. The van der Waals surface area contributed by atoms with E-state index >= 15 is 0 Å². The van der Waals surface area contributed by atoms with E-state index in [0.29, 0.717) is 5.69 Å². The van der Waals surface area contributed by atoms with Crippen molar-refractivity contribution < 1.29 is 14.1 Å². The summed E-state index contributed by atoms with van der Waals surface area (Å²) in [5, 5.41) is 0. The fourth-order valence-corrected chi connectivity index (χ4v) is 1.77. The van der Waals surface area contributed by atoms with Crippen LogP contribution in [0.25, 0.3) is 0 Å². The van der Waals surface area contributed by atoms with E-state index in [-0.39, 0.29) is 17.0 Å². The van der Waals surface area contributed by atoms with E-state index in [9.17, 15) is 4.79 Å². The number of rotatable bonds is 2. The van der Waals surface area contributed by atoms with E-state index in [2.05, 4.69) is 4.98 Å². The number of Topliss-reactive ketones (excluding diaryl/α,β-unsaturated/α-hetero) is 1. The number of carbonyl (C=O) groups is 1. The van der Waals surface area contributed by atoms with Crippen molar-refractivity contribution in [2.75, 3.05) is 0 Å². The highest BCUT2D eigenvalue weighted by Gasteiger charge is 2.51. The van der Waals surface area contributed by atoms with Crippen LogP contribution in [0.3, 0.4) is 0 Å². The maximum Gasteiger partial charge on any atom is 0.494 e. The van der Waals surface area contributed by atoms with Crippen LogP contribution in [0.2, 0.25) is 0 Å². The molecule has 0 amide bonds. The highest BCUT2D eigenvalue weighted by Crippen LogP contribution is 2.36. The van der Waals surface area contributed by atoms with Gasteiger partial charge in [-0.2, -0.15) is 0 Å². The SMILES string of the molecule is CC(=O)c1cc(B2OC(C)(C)C(C)(C)O2)ccn1. The minimum atomic E-state index is -0.448. The van der Waals surface area contributed by atoms with Gasteiger partial charge in [0.25, 0.3) is 0 Å². The zero-order valence-electron chi connectivity index (χ0n) is 11.5. The molecule has 5 heteroatoms. The van der Waals surface area contributed by atoms with Crippen molar-refractivity contribution >= 4 is 18.4 Å². The molecule has 0 aliphatic carbocycles. The summed E-state index contributed by atoms with van der Waals surface area (Å²) in [5.41, 5.74) is 0.505. The Kier molecular flexibility index (Phi) is 3.07. The van der Waals surface area contributed by atoms with Gasteiger partial charge in [-0.05, 0) is 45.3 Å². The van der Waals surface area contributed by atoms with Gasteiger partial charge in [0, 0.05) is 13.1 Å². The molecule has 4 nitrogen and oxygen atoms in total. The molecule has 2 rings (SSSR count). The van der Waals surface area contributed by atoms with Crippen molar-refractivity contribution in [3.63, 3.8) is 0 Å². The molecular formula is C13H18BNO3. The minimum absolute atomic E-state index is 0.0617. The molecule has 2 heterocycles. The molecule has 1 aliphatic rings. The van der Waals surface area contributed by atoms with Gasteiger partial charge in [0.05, 0.1) is 11.2 Å². The first-order valence-corrected chi connectivity index (χ1v) is 6.05. The Balaban J connectivity index is 2.30. The molecule has 96 valence electrons. The van der Waals surface area contributed by atoms with Crippen molar-refractivity contribution in [2.24, 2.45) is 0 Å². The van der Waals surface area contributed by atoms with Gasteiger partial charge < -0.3 is 9.31 Å². The van der Waals surface area contributed by atoms with Crippen molar-refractivity contribution in [2.45, 2.75) is 45.8 Å². The first kappa shape index (κ1) is 13.2. The molecule has 1 aliphatic heterocycles. The van der Waals surface area contributed by atoms with Gasteiger partial charge in [-0.1, -0.05) is 0 Å². The third-order valence-corrected chi connectivity index (χ3v) is 3.67. The summed E-state index contributed by atoms with van der Waals surface area (Å²) in [7, 11) is -0.448. The van der Waals surface area contributed by atoms with Crippen LogP contribution in [0.1, 0.15) is 45.1 Å². The molecule has 0 N–H and O–H groups in total. The van der Waals surface area contributed by atoms with Crippen LogP contribution in [0.15, 0.2) is 18.3 Å². The van der Waals surface area contributed by atoms with Crippen LogP contribution >= 0.6 is 0 Å². The van der Waals surface area contributed by atoms with Crippen LogP contribution in [-0.4, -0.2) is 29.1 Å². The van der Waals surface area contributed by atoms with Crippen molar-refractivity contribution in [1.29, 1.82) is 0 Å². The summed E-state index contributed by atoms with van der Waals surface area (Å²) in [5.74, 6) is -0.0617. The predicted octanol–water partition coefficient (Wildman–Crippen LogP) is 1.58. The largest absolute Gasteiger partial charge is 0.494 e. The molecule has 1 aromatic heterocycles. The molecule has 0 spiro atoms. The van der Waals surface area contributed by atoms with E-state index in [1.54, 1.807) is 12.3 Å². The zero-order valence-corrected chi connectivity index (χ0v) is 11.5. The molecule has 1 aromatic rings. The van der Waals surface area contributed by atoms with E-state index < -0.39 is 7.12 Å². The Morgan fingerprint density at radius 1 is 1.22 bits per heavy atom. The second-order valence-electron chi connectivity index (χ2n) is 5.62. The van der Waals surface area contributed by atoms with E-state index in [1.807, 2.05) is 33.8 Å². The molecule has 1 fully saturated rings. The second kappa shape index (κ2) is 4.18. The Morgan fingerprint density at radius 2 is 1.78 bits per heavy atom. The maximum absolute atomic E-state index is 11.3. The maximum atomic E-state index is 11.3. The lowest BCUT2D eigenvalue weighted by atomic mass is 9.79. The second-order valence-corrected chi connectivity index (χ2v) is 5.62. The Morgan fingerprint density at radius 3 is 2.28 bits per heavy atom. The summed E-state index contributed by atoms with van der Waals surface area (Å²) < 4.78 is 11.8. The van der Waals surface area contributed by atoms with E-state index in [4.69, 9.17) is 9.31 Å². The number of aromatic nitrogens is 1. The van der Waals surface area contributed by atoms with Crippen LogP contribution < -0.4 is 5.46 Å². The summed E-state index contributed by atoms with van der Waals surface area (Å²) in [6.45, 7) is 9.50. The standard InChI is InChI=1S/C13H18BNO3/c1-9(16)11-8-10(6-7-15-11)14-17-12(2,3)13(4,5)18-14/h6-8H,1-5H3. The molecular weight excluding hydrogens is 229 g/mol. The first-order chi connectivity index (χ1) is 8.23. The van der Waals surface area contributed by atoms with Gasteiger partial charge in [-0.3, -0.25) is 9.78 Å². The number of hydrogen-bond acceptors (Lipinski definition) is 4.